The average molecular weight is 387 g/mol. The SMILES string of the molecule is Cn1nc(-c2ccc(F)cc2)c(-c2ccncc2)c1NC(=O)Cc1cccnc1. The molecule has 7 heteroatoms. The zero-order valence-electron chi connectivity index (χ0n) is 15.7. The fourth-order valence-electron chi connectivity index (χ4n) is 3.13. The number of carbonyl (C=O) groups is 1. The van der Waals surface area contributed by atoms with Gasteiger partial charge in [-0.2, -0.15) is 5.10 Å². The first kappa shape index (κ1) is 18.5. The Bertz CT molecular complexity index is 1130. The van der Waals surface area contributed by atoms with E-state index in [1.165, 1.54) is 12.1 Å². The molecule has 0 fully saturated rings. The third-order valence-electron chi connectivity index (χ3n) is 4.48. The summed E-state index contributed by atoms with van der Waals surface area (Å²) in [6.07, 6.45) is 6.88. The monoisotopic (exact) mass is 387 g/mol. The summed E-state index contributed by atoms with van der Waals surface area (Å²) in [5.41, 5.74) is 3.82. The number of halogens is 1. The number of anilines is 1. The lowest BCUT2D eigenvalue weighted by Gasteiger charge is -2.10. The van der Waals surface area contributed by atoms with E-state index in [0.29, 0.717) is 11.5 Å². The van der Waals surface area contributed by atoms with Gasteiger partial charge in [-0.3, -0.25) is 19.4 Å². The van der Waals surface area contributed by atoms with Crippen molar-refractivity contribution in [3.63, 3.8) is 0 Å². The Hall–Kier alpha value is -3.87. The fraction of sp³-hybridized carbons (Fsp3) is 0.0909. The first-order valence-electron chi connectivity index (χ1n) is 9.04. The molecule has 0 spiro atoms. The molecular formula is C22H18FN5O. The van der Waals surface area contributed by atoms with Gasteiger partial charge in [0.25, 0.3) is 0 Å². The lowest BCUT2D eigenvalue weighted by atomic mass is 10.0. The fourth-order valence-corrected chi connectivity index (χ4v) is 3.13. The maximum absolute atomic E-state index is 13.4. The van der Waals surface area contributed by atoms with Crippen molar-refractivity contribution in [1.29, 1.82) is 0 Å². The minimum absolute atomic E-state index is 0.179. The molecule has 0 aliphatic carbocycles. The Labute approximate surface area is 167 Å². The standard InChI is InChI=1S/C22H18FN5O/c1-28-22(26-19(29)13-15-3-2-10-25-14-15)20(16-8-11-24-12-9-16)21(27-28)17-4-6-18(23)7-5-17/h2-12,14H,13H2,1H3,(H,26,29). The van der Waals surface area contributed by atoms with Crippen molar-refractivity contribution in [1.82, 2.24) is 19.7 Å². The second-order valence-corrected chi connectivity index (χ2v) is 6.52. The van der Waals surface area contributed by atoms with E-state index in [0.717, 1.165) is 22.3 Å². The molecule has 4 rings (SSSR count). The number of amides is 1. The van der Waals surface area contributed by atoms with Crippen LogP contribution in [-0.4, -0.2) is 25.7 Å². The van der Waals surface area contributed by atoms with E-state index < -0.39 is 0 Å². The van der Waals surface area contributed by atoms with Crippen LogP contribution in [0.2, 0.25) is 0 Å². The van der Waals surface area contributed by atoms with E-state index in [4.69, 9.17) is 0 Å². The minimum Gasteiger partial charge on any atom is -0.310 e. The molecule has 3 aromatic heterocycles. The summed E-state index contributed by atoms with van der Waals surface area (Å²) in [7, 11) is 1.76. The zero-order chi connectivity index (χ0) is 20.2. The molecule has 0 aliphatic rings. The number of aryl methyl sites for hydroxylation is 1. The third kappa shape index (κ3) is 4.03. The van der Waals surface area contributed by atoms with Crippen LogP contribution in [0.15, 0.2) is 73.3 Å². The average Bonchev–Trinajstić information content (AvgIpc) is 3.06. The quantitative estimate of drug-likeness (QED) is 0.564. The van der Waals surface area contributed by atoms with Gasteiger partial charge in [0, 0.05) is 37.4 Å². The molecule has 144 valence electrons. The predicted octanol–water partition coefficient (Wildman–Crippen LogP) is 3.86. The molecule has 29 heavy (non-hydrogen) atoms. The van der Waals surface area contributed by atoms with Crippen molar-refractivity contribution in [3.05, 3.63) is 84.7 Å². The highest BCUT2D eigenvalue weighted by molar-refractivity contribution is 5.98. The van der Waals surface area contributed by atoms with Crippen molar-refractivity contribution in [3.8, 4) is 22.4 Å². The van der Waals surface area contributed by atoms with Crippen LogP contribution < -0.4 is 5.32 Å². The largest absolute Gasteiger partial charge is 0.310 e. The molecule has 1 amide bonds. The Kier molecular flexibility index (Phi) is 5.11. The molecule has 0 aliphatic heterocycles. The lowest BCUT2D eigenvalue weighted by Crippen LogP contribution is -2.17. The summed E-state index contributed by atoms with van der Waals surface area (Å²) in [5, 5.41) is 7.56. The molecule has 0 saturated heterocycles. The van der Waals surface area contributed by atoms with Crippen molar-refractivity contribution in [2.75, 3.05) is 5.32 Å². The molecule has 1 aromatic carbocycles. The number of rotatable bonds is 5. The number of carbonyl (C=O) groups excluding carboxylic acids is 1. The molecule has 4 aromatic rings. The molecule has 0 atom stereocenters. The molecule has 0 saturated carbocycles. The van der Waals surface area contributed by atoms with Crippen LogP contribution in [0.3, 0.4) is 0 Å². The Balaban J connectivity index is 1.75. The van der Waals surface area contributed by atoms with Crippen LogP contribution in [0.5, 0.6) is 0 Å². The van der Waals surface area contributed by atoms with Crippen molar-refractivity contribution >= 4 is 11.7 Å². The Morgan fingerprint density at radius 1 is 1.00 bits per heavy atom. The number of aromatic nitrogens is 4. The molecule has 0 bridgehead atoms. The molecule has 3 heterocycles. The van der Waals surface area contributed by atoms with E-state index in [1.807, 2.05) is 18.2 Å². The van der Waals surface area contributed by atoms with Crippen LogP contribution in [0, 0.1) is 5.82 Å². The highest BCUT2D eigenvalue weighted by atomic mass is 19.1. The van der Waals surface area contributed by atoms with Crippen molar-refractivity contribution in [2.45, 2.75) is 6.42 Å². The zero-order valence-corrected chi connectivity index (χ0v) is 15.7. The minimum atomic E-state index is -0.319. The number of pyridine rings is 2. The van der Waals surface area contributed by atoms with Crippen LogP contribution in [0.25, 0.3) is 22.4 Å². The van der Waals surface area contributed by atoms with Crippen LogP contribution in [-0.2, 0) is 18.3 Å². The van der Waals surface area contributed by atoms with Gasteiger partial charge in [0.15, 0.2) is 0 Å². The lowest BCUT2D eigenvalue weighted by molar-refractivity contribution is -0.115. The van der Waals surface area contributed by atoms with Crippen molar-refractivity contribution < 1.29 is 9.18 Å². The smallest absolute Gasteiger partial charge is 0.230 e. The van der Waals surface area contributed by atoms with Gasteiger partial charge in [-0.25, -0.2) is 4.39 Å². The predicted molar refractivity (Wildman–Crippen MR) is 108 cm³/mol. The van der Waals surface area contributed by atoms with Crippen LogP contribution in [0.4, 0.5) is 10.2 Å². The summed E-state index contributed by atoms with van der Waals surface area (Å²) in [4.78, 5) is 20.8. The molecular weight excluding hydrogens is 369 g/mol. The van der Waals surface area contributed by atoms with E-state index >= 15 is 0 Å². The Morgan fingerprint density at radius 3 is 2.45 bits per heavy atom. The highest BCUT2D eigenvalue weighted by Crippen LogP contribution is 2.37. The van der Waals surface area contributed by atoms with Crippen molar-refractivity contribution in [2.24, 2.45) is 7.05 Å². The first-order valence-corrected chi connectivity index (χ1v) is 9.04. The third-order valence-corrected chi connectivity index (χ3v) is 4.48. The van der Waals surface area contributed by atoms with Gasteiger partial charge in [-0.15, -0.1) is 0 Å². The topological polar surface area (TPSA) is 72.7 Å². The summed E-state index contributed by atoms with van der Waals surface area (Å²) in [6, 6.07) is 13.5. The van der Waals surface area contributed by atoms with Gasteiger partial charge in [0.1, 0.15) is 17.3 Å². The number of nitrogens with zero attached hydrogens (tertiary/aromatic N) is 4. The summed E-state index contributed by atoms with van der Waals surface area (Å²) < 4.78 is 15.0. The maximum Gasteiger partial charge on any atom is 0.230 e. The number of nitrogens with one attached hydrogen (secondary N) is 1. The first-order chi connectivity index (χ1) is 14.1. The van der Waals surface area contributed by atoms with E-state index in [1.54, 1.807) is 54.7 Å². The Morgan fingerprint density at radius 2 is 1.76 bits per heavy atom. The van der Waals surface area contributed by atoms with Crippen LogP contribution in [0.1, 0.15) is 5.56 Å². The van der Waals surface area contributed by atoms with Gasteiger partial charge >= 0.3 is 0 Å². The maximum atomic E-state index is 13.4. The van der Waals surface area contributed by atoms with E-state index in [2.05, 4.69) is 20.4 Å². The van der Waals surface area contributed by atoms with Gasteiger partial charge in [-0.05, 0) is 53.6 Å². The molecule has 1 N–H and O–H groups in total. The van der Waals surface area contributed by atoms with Crippen LogP contribution >= 0.6 is 0 Å². The highest BCUT2D eigenvalue weighted by Gasteiger charge is 2.21. The van der Waals surface area contributed by atoms with Gasteiger partial charge in [-0.1, -0.05) is 6.07 Å². The van der Waals surface area contributed by atoms with Gasteiger partial charge in [0.2, 0.25) is 5.91 Å². The molecule has 6 nitrogen and oxygen atoms in total. The summed E-state index contributed by atoms with van der Waals surface area (Å²) in [6.45, 7) is 0. The second-order valence-electron chi connectivity index (χ2n) is 6.52. The molecule has 0 unspecified atom stereocenters. The number of benzene rings is 1. The van der Waals surface area contributed by atoms with Gasteiger partial charge < -0.3 is 5.32 Å². The normalized spacial score (nSPS) is 10.7. The number of hydrogen-bond acceptors (Lipinski definition) is 4. The summed E-state index contributed by atoms with van der Waals surface area (Å²) in [5.74, 6) is 0.0616. The summed E-state index contributed by atoms with van der Waals surface area (Å²) >= 11 is 0. The molecule has 0 radical (unpaired) electrons. The second kappa shape index (κ2) is 8.02. The van der Waals surface area contributed by atoms with Gasteiger partial charge in [0.05, 0.1) is 12.0 Å². The van der Waals surface area contributed by atoms with E-state index in [-0.39, 0.29) is 18.1 Å². The number of hydrogen-bond donors (Lipinski definition) is 1. The van der Waals surface area contributed by atoms with E-state index in [9.17, 15) is 9.18 Å².